The number of hydrogen-bond acceptors (Lipinski definition) is 2. The first-order valence-corrected chi connectivity index (χ1v) is 7.17. The highest BCUT2D eigenvalue weighted by Gasteiger charge is 2.44. The maximum atomic E-state index is 14.1. The first kappa shape index (κ1) is 13.1. The summed E-state index contributed by atoms with van der Waals surface area (Å²) in [5, 5.41) is 3.68. The minimum absolute atomic E-state index is 0.0577. The molecule has 19 heavy (non-hydrogen) atoms. The van der Waals surface area contributed by atoms with Gasteiger partial charge in [-0.1, -0.05) is 18.2 Å². The average Bonchev–Trinajstić information content (AvgIpc) is 2.64. The van der Waals surface area contributed by atoms with Gasteiger partial charge < -0.3 is 10.1 Å². The molecule has 1 aromatic rings. The molecule has 0 bridgehead atoms. The molecule has 2 aliphatic rings. The van der Waals surface area contributed by atoms with Crippen molar-refractivity contribution in [2.24, 2.45) is 0 Å². The topological polar surface area (TPSA) is 21.3 Å². The Morgan fingerprint density at radius 3 is 2.53 bits per heavy atom. The van der Waals surface area contributed by atoms with Gasteiger partial charge >= 0.3 is 0 Å². The predicted octanol–water partition coefficient (Wildman–Crippen LogP) is 3.36. The summed E-state index contributed by atoms with van der Waals surface area (Å²) in [6.07, 6.45) is 4.19. The monoisotopic (exact) mass is 263 g/mol. The third-order valence-corrected chi connectivity index (χ3v) is 4.49. The standard InChI is InChI=1S/C16H22FNO/c1-15(2)10-12(11-19-15)18-16(8-5-9-16)13-6-3-4-7-14(13)17/h3-4,6-7,12,18H,5,8-11H2,1-2H3. The zero-order valence-corrected chi connectivity index (χ0v) is 11.7. The van der Waals surface area contributed by atoms with Crippen molar-refractivity contribution < 1.29 is 9.13 Å². The van der Waals surface area contributed by atoms with E-state index in [1.807, 2.05) is 12.1 Å². The van der Waals surface area contributed by atoms with Crippen LogP contribution in [-0.4, -0.2) is 18.2 Å². The number of ether oxygens (including phenoxy) is 1. The molecule has 0 aromatic heterocycles. The molecule has 1 unspecified atom stereocenters. The van der Waals surface area contributed by atoms with Crippen molar-refractivity contribution in [2.75, 3.05) is 6.61 Å². The van der Waals surface area contributed by atoms with Gasteiger partial charge in [-0.05, 0) is 45.6 Å². The molecule has 1 aromatic carbocycles. The van der Waals surface area contributed by atoms with Crippen LogP contribution in [-0.2, 0) is 10.3 Å². The normalized spacial score (nSPS) is 28.1. The van der Waals surface area contributed by atoms with Crippen molar-refractivity contribution in [3.05, 3.63) is 35.6 Å². The Kier molecular flexibility index (Phi) is 3.14. The molecule has 1 saturated carbocycles. The minimum Gasteiger partial charge on any atom is -0.374 e. The number of benzene rings is 1. The van der Waals surface area contributed by atoms with Gasteiger partial charge in [0.15, 0.2) is 0 Å². The quantitative estimate of drug-likeness (QED) is 0.903. The lowest BCUT2D eigenvalue weighted by Gasteiger charge is -2.45. The molecule has 3 rings (SSSR count). The highest BCUT2D eigenvalue weighted by Crippen LogP contribution is 2.43. The zero-order valence-electron chi connectivity index (χ0n) is 11.7. The van der Waals surface area contributed by atoms with E-state index in [0.29, 0.717) is 6.04 Å². The van der Waals surface area contributed by atoms with Gasteiger partial charge in [0.05, 0.1) is 12.2 Å². The summed E-state index contributed by atoms with van der Waals surface area (Å²) in [7, 11) is 0. The molecule has 2 nitrogen and oxygen atoms in total. The molecule has 1 N–H and O–H groups in total. The first-order valence-electron chi connectivity index (χ1n) is 7.17. The molecule has 2 fully saturated rings. The first-order chi connectivity index (χ1) is 9.01. The van der Waals surface area contributed by atoms with E-state index < -0.39 is 0 Å². The molecule has 1 aliphatic carbocycles. The molecule has 104 valence electrons. The second-order valence-electron chi connectivity index (χ2n) is 6.53. The lowest BCUT2D eigenvalue weighted by molar-refractivity contribution is 0.0344. The van der Waals surface area contributed by atoms with Crippen LogP contribution >= 0.6 is 0 Å². The molecule has 0 amide bonds. The van der Waals surface area contributed by atoms with Gasteiger partial charge in [-0.2, -0.15) is 0 Å². The lowest BCUT2D eigenvalue weighted by Crippen LogP contribution is -2.53. The van der Waals surface area contributed by atoms with Crippen molar-refractivity contribution in [3.8, 4) is 0 Å². The van der Waals surface area contributed by atoms with Crippen LogP contribution < -0.4 is 5.32 Å². The smallest absolute Gasteiger partial charge is 0.128 e. The number of rotatable bonds is 3. The summed E-state index contributed by atoms with van der Waals surface area (Å²) in [6.45, 7) is 4.96. The summed E-state index contributed by atoms with van der Waals surface area (Å²) in [4.78, 5) is 0. The summed E-state index contributed by atoms with van der Waals surface area (Å²) in [5.74, 6) is -0.0899. The second-order valence-corrected chi connectivity index (χ2v) is 6.53. The van der Waals surface area contributed by atoms with Gasteiger partial charge in [-0.15, -0.1) is 0 Å². The second kappa shape index (κ2) is 4.57. The van der Waals surface area contributed by atoms with Crippen molar-refractivity contribution in [3.63, 3.8) is 0 Å². The van der Waals surface area contributed by atoms with Gasteiger partial charge in [0.25, 0.3) is 0 Å². The van der Waals surface area contributed by atoms with Crippen LogP contribution in [0.5, 0.6) is 0 Å². The summed E-state index contributed by atoms with van der Waals surface area (Å²) >= 11 is 0. The van der Waals surface area contributed by atoms with Crippen LogP contribution in [0, 0.1) is 5.82 Å². The number of hydrogen-bond donors (Lipinski definition) is 1. The molecule has 0 radical (unpaired) electrons. The number of halogens is 1. The van der Waals surface area contributed by atoms with Crippen molar-refractivity contribution in [1.29, 1.82) is 0 Å². The lowest BCUT2D eigenvalue weighted by atomic mass is 9.71. The summed E-state index contributed by atoms with van der Waals surface area (Å²) in [6, 6.07) is 7.49. The molecule has 1 heterocycles. The zero-order chi connectivity index (χ0) is 13.5. The van der Waals surface area contributed by atoms with E-state index in [-0.39, 0.29) is 17.0 Å². The van der Waals surface area contributed by atoms with Crippen molar-refractivity contribution in [2.45, 2.75) is 56.7 Å². The largest absolute Gasteiger partial charge is 0.374 e. The molecule has 1 saturated heterocycles. The van der Waals surface area contributed by atoms with Crippen molar-refractivity contribution >= 4 is 0 Å². The Morgan fingerprint density at radius 1 is 1.26 bits per heavy atom. The van der Waals surface area contributed by atoms with Gasteiger partial charge in [0, 0.05) is 17.1 Å². The third-order valence-electron chi connectivity index (χ3n) is 4.49. The Labute approximate surface area is 114 Å². The molecular formula is C16H22FNO. The van der Waals surface area contributed by atoms with Crippen LogP contribution in [0.25, 0.3) is 0 Å². The fourth-order valence-corrected chi connectivity index (χ4v) is 3.39. The van der Waals surface area contributed by atoms with Crippen LogP contribution in [0.1, 0.15) is 45.1 Å². The maximum Gasteiger partial charge on any atom is 0.128 e. The summed E-state index contributed by atoms with van der Waals surface area (Å²) < 4.78 is 19.8. The third kappa shape index (κ3) is 2.41. The fourth-order valence-electron chi connectivity index (χ4n) is 3.39. The van der Waals surface area contributed by atoms with Gasteiger partial charge in [-0.25, -0.2) is 4.39 Å². The molecule has 0 spiro atoms. The van der Waals surface area contributed by atoms with Crippen molar-refractivity contribution in [1.82, 2.24) is 5.32 Å². The van der Waals surface area contributed by atoms with E-state index in [4.69, 9.17) is 4.74 Å². The predicted molar refractivity (Wildman–Crippen MR) is 73.5 cm³/mol. The Balaban J connectivity index is 1.79. The summed E-state index contributed by atoms with van der Waals surface area (Å²) in [5.41, 5.74) is 0.600. The maximum absolute atomic E-state index is 14.1. The van der Waals surface area contributed by atoms with Gasteiger partial charge in [0.2, 0.25) is 0 Å². The fraction of sp³-hybridized carbons (Fsp3) is 0.625. The number of nitrogens with one attached hydrogen (secondary N) is 1. The molecule has 1 aliphatic heterocycles. The van der Waals surface area contributed by atoms with Crippen LogP contribution in [0.4, 0.5) is 4.39 Å². The SMILES string of the molecule is CC1(C)CC(NC2(c3ccccc3F)CCC2)CO1. The van der Waals surface area contributed by atoms with E-state index in [1.54, 1.807) is 12.1 Å². The van der Waals surface area contributed by atoms with Gasteiger partial charge in [-0.3, -0.25) is 0 Å². The van der Waals surface area contributed by atoms with E-state index in [1.165, 1.54) is 0 Å². The van der Waals surface area contributed by atoms with Crippen LogP contribution in [0.2, 0.25) is 0 Å². The molecule has 3 heteroatoms. The van der Waals surface area contributed by atoms with E-state index in [9.17, 15) is 4.39 Å². The Hall–Kier alpha value is -0.930. The van der Waals surface area contributed by atoms with Gasteiger partial charge in [0.1, 0.15) is 5.82 Å². The average molecular weight is 263 g/mol. The van der Waals surface area contributed by atoms with Crippen LogP contribution in [0.15, 0.2) is 24.3 Å². The van der Waals surface area contributed by atoms with E-state index in [2.05, 4.69) is 19.2 Å². The minimum atomic E-state index is -0.167. The Bertz CT molecular complexity index is 468. The highest BCUT2D eigenvalue weighted by atomic mass is 19.1. The molecule has 1 atom stereocenters. The molecular weight excluding hydrogens is 241 g/mol. The van der Waals surface area contributed by atoms with Crippen LogP contribution in [0.3, 0.4) is 0 Å². The highest BCUT2D eigenvalue weighted by molar-refractivity contribution is 5.29. The van der Waals surface area contributed by atoms with E-state index >= 15 is 0 Å². The van der Waals surface area contributed by atoms with E-state index in [0.717, 1.165) is 37.9 Å². The Morgan fingerprint density at radius 2 is 2.00 bits per heavy atom.